The Morgan fingerprint density at radius 3 is 2.89 bits per heavy atom. The van der Waals surface area contributed by atoms with Crippen LogP contribution in [0.25, 0.3) is 0 Å². The summed E-state index contributed by atoms with van der Waals surface area (Å²) in [5.41, 5.74) is 7.90. The third-order valence-electron chi connectivity index (χ3n) is 2.57. The Balaban J connectivity index is 2.03. The second-order valence-electron chi connectivity index (χ2n) is 4.01. The summed E-state index contributed by atoms with van der Waals surface area (Å²) < 4.78 is 5.49. The summed E-state index contributed by atoms with van der Waals surface area (Å²) in [5.74, 6) is 1.71. The van der Waals surface area contributed by atoms with Crippen LogP contribution in [-0.4, -0.2) is 11.6 Å². The third-order valence-corrected chi connectivity index (χ3v) is 4.72. The van der Waals surface area contributed by atoms with Crippen molar-refractivity contribution in [2.24, 2.45) is 0 Å². The van der Waals surface area contributed by atoms with Crippen LogP contribution in [0.3, 0.4) is 0 Å². The van der Waals surface area contributed by atoms with Crippen LogP contribution in [0, 0.1) is 0 Å². The molecule has 0 spiro atoms. The molecule has 0 saturated heterocycles. The minimum Gasteiger partial charge on any atom is -0.494 e. The Hall–Kier alpha value is -1.20. The Morgan fingerprint density at radius 2 is 2.21 bits per heavy atom. The number of aryl methyl sites for hydroxylation is 1. The summed E-state index contributed by atoms with van der Waals surface area (Å²) in [6.45, 7) is 4.77. The van der Waals surface area contributed by atoms with E-state index < -0.39 is 0 Å². The predicted molar refractivity (Wildman–Crippen MR) is 83.1 cm³/mol. The lowest BCUT2D eigenvalue weighted by atomic mass is 10.3. The average Bonchev–Trinajstić information content (AvgIpc) is 2.88. The van der Waals surface area contributed by atoms with Crippen molar-refractivity contribution in [3.8, 4) is 5.75 Å². The molecule has 2 N–H and O–H groups in total. The number of nitrogen functional groups attached to an aromatic ring is 1. The Bertz CT molecular complexity index is 540. The largest absolute Gasteiger partial charge is 0.494 e. The van der Waals surface area contributed by atoms with Crippen LogP contribution < -0.4 is 10.5 Å². The Morgan fingerprint density at radius 1 is 1.37 bits per heavy atom. The van der Waals surface area contributed by atoms with E-state index in [0.717, 1.165) is 34.2 Å². The van der Waals surface area contributed by atoms with Crippen LogP contribution in [0.1, 0.15) is 24.5 Å². The first-order chi connectivity index (χ1) is 9.22. The number of ether oxygens (including phenoxy) is 1. The highest BCUT2D eigenvalue weighted by Crippen LogP contribution is 2.31. The lowest BCUT2D eigenvalue weighted by molar-refractivity contribution is 0.339. The maximum atomic E-state index is 5.99. The van der Waals surface area contributed by atoms with E-state index in [1.54, 1.807) is 23.1 Å². The van der Waals surface area contributed by atoms with Crippen LogP contribution in [0.5, 0.6) is 5.75 Å². The number of thioether (sulfide) groups is 1. The Kier molecular flexibility index (Phi) is 5.10. The number of hydrogen-bond donors (Lipinski definition) is 1. The van der Waals surface area contributed by atoms with Gasteiger partial charge < -0.3 is 10.5 Å². The van der Waals surface area contributed by atoms with Crippen LogP contribution >= 0.6 is 23.1 Å². The zero-order valence-corrected chi connectivity index (χ0v) is 12.8. The summed E-state index contributed by atoms with van der Waals surface area (Å²) in [7, 11) is 0. The van der Waals surface area contributed by atoms with Gasteiger partial charge in [0.05, 0.1) is 17.3 Å². The smallest absolute Gasteiger partial charge is 0.120 e. The zero-order valence-electron chi connectivity index (χ0n) is 11.2. The molecule has 2 rings (SSSR count). The molecule has 0 amide bonds. The van der Waals surface area contributed by atoms with Crippen molar-refractivity contribution in [1.82, 2.24) is 4.98 Å². The molecular weight excluding hydrogens is 276 g/mol. The maximum Gasteiger partial charge on any atom is 0.120 e. The highest BCUT2D eigenvalue weighted by molar-refractivity contribution is 7.98. The molecule has 102 valence electrons. The summed E-state index contributed by atoms with van der Waals surface area (Å²) in [6.07, 6.45) is 0.997. The fraction of sp³-hybridized carbons (Fsp3) is 0.357. The van der Waals surface area contributed by atoms with Crippen LogP contribution in [0.4, 0.5) is 5.69 Å². The van der Waals surface area contributed by atoms with Crippen molar-refractivity contribution in [1.29, 1.82) is 0 Å². The zero-order chi connectivity index (χ0) is 13.7. The van der Waals surface area contributed by atoms with Gasteiger partial charge in [0.1, 0.15) is 5.75 Å². The van der Waals surface area contributed by atoms with Crippen molar-refractivity contribution in [2.45, 2.75) is 30.9 Å². The number of anilines is 1. The fourth-order valence-electron chi connectivity index (χ4n) is 1.63. The lowest BCUT2D eigenvalue weighted by Crippen LogP contribution is -1.94. The molecule has 0 bridgehead atoms. The summed E-state index contributed by atoms with van der Waals surface area (Å²) in [4.78, 5) is 5.61. The van der Waals surface area contributed by atoms with Gasteiger partial charge in [0.15, 0.2) is 0 Å². The van der Waals surface area contributed by atoms with Gasteiger partial charge in [-0.05, 0) is 31.5 Å². The van der Waals surface area contributed by atoms with E-state index in [9.17, 15) is 0 Å². The molecule has 0 atom stereocenters. The quantitative estimate of drug-likeness (QED) is 0.646. The minimum atomic E-state index is 0.667. The fourth-order valence-corrected chi connectivity index (χ4v) is 3.36. The van der Waals surface area contributed by atoms with Gasteiger partial charge >= 0.3 is 0 Å². The molecule has 1 heterocycles. The number of nitrogens with two attached hydrogens (primary N) is 1. The number of nitrogens with zero attached hydrogens (tertiary/aromatic N) is 1. The highest BCUT2D eigenvalue weighted by atomic mass is 32.2. The minimum absolute atomic E-state index is 0.667. The average molecular weight is 294 g/mol. The van der Waals surface area contributed by atoms with Crippen LogP contribution in [-0.2, 0) is 12.2 Å². The van der Waals surface area contributed by atoms with Gasteiger partial charge in [-0.1, -0.05) is 6.92 Å². The van der Waals surface area contributed by atoms with E-state index in [2.05, 4.69) is 17.3 Å². The molecule has 0 aliphatic heterocycles. The first-order valence-corrected chi connectivity index (χ1v) is 8.17. The summed E-state index contributed by atoms with van der Waals surface area (Å²) >= 11 is 3.42. The molecule has 0 saturated carbocycles. The number of thiazole rings is 1. The molecule has 2 aromatic rings. The molecule has 0 aliphatic carbocycles. The number of rotatable bonds is 6. The number of hydrogen-bond acceptors (Lipinski definition) is 5. The van der Waals surface area contributed by atoms with E-state index >= 15 is 0 Å². The second-order valence-corrected chi connectivity index (χ2v) is 5.97. The second kappa shape index (κ2) is 6.82. The van der Waals surface area contributed by atoms with Gasteiger partial charge in [-0.2, -0.15) is 0 Å². The molecule has 5 heteroatoms. The third kappa shape index (κ3) is 3.88. The first kappa shape index (κ1) is 14.2. The number of benzene rings is 1. The molecule has 19 heavy (non-hydrogen) atoms. The summed E-state index contributed by atoms with van der Waals surface area (Å²) in [5, 5.41) is 3.31. The van der Waals surface area contributed by atoms with E-state index in [1.165, 1.54) is 5.01 Å². The van der Waals surface area contributed by atoms with E-state index in [-0.39, 0.29) is 0 Å². The molecule has 0 radical (unpaired) electrons. The monoisotopic (exact) mass is 294 g/mol. The van der Waals surface area contributed by atoms with Crippen molar-refractivity contribution in [2.75, 3.05) is 12.3 Å². The first-order valence-electron chi connectivity index (χ1n) is 6.31. The molecule has 3 nitrogen and oxygen atoms in total. The van der Waals surface area contributed by atoms with Crippen molar-refractivity contribution < 1.29 is 4.74 Å². The van der Waals surface area contributed by atoms with E-state index in [0.29, 0.717) is 6.61 Å². The SMILES string of the molecule is CCOc1ccc(N)c(SCc2csc(CC)n2)c1. The lowest BCUT2D eigenvalue weighted by Gasteiger charge is -2.08. The molecular formula is C14H18N2OS2. The van der Waals surface area contributed by atoms with Gasteiger partial charge in [0.25, 0.3) is 0 Å². The predicted octanol–water partition coefficient (Wildman–Crippen LogP) is 3.98. The molecule has 0 unspecified atom stereocenters. The van der Waals surface area contributed by atoms with Gasteiger partial charge in [0, 0.05) is 21.7 Å². The molecule has 1 aromatic carbocycles. The van der Waals surface area contributed by atoms with Crippen molar-refractivity contribution >= 4 is 28.8 Å². The van der Waals surface area contributed by atoms with E-state index in [4.69, 9.17) is 10.5 Å². The van der Waals surface area contributed by atoms with Crippen LogP contribution in [0.2, 0.25) is 0 Å². The topological polar surface area (TPSA) is 48.1 Å². The van der Waals surface area contributed by atoms with E-state index in [1.807, 2.05) is 25.1 Å². The normalized spacial score (nSPS) is 10.6. The molecule has 1 aromatic heterocycles. The highest BCUT2D eigenvalue weighted by Gasteiger charge is 2.06. The number of aromatic nitrogens is 1. The van der Waals surface area contributed by atoms with Gasteiger partial charge in [-0.3, -0.25) is 0 Å². The maximum absolute atomic E-state index is 5.99. The van der Waals surface area contributed by atoms with Gasteiger partial charge in [0.2, 0.25) is 0 Å². The standard InChI is InChI=1S/C14H18N2OS2/c1-3-14-16-10(9-19-14)8-18-13-7-11(17-4-2)5-6-12(13)15/h5-7,9H,3-4,8,15H2,1-2H3. The van der Waals surface area contributed by atoms with Gasteiger partial charge in [-0.25, -0.2) is 4.98 Å². The van der Waals surface area contributed by atoms with Crippen LogP contribution in [0.15, 0.2) is 28.5 Å². The van der Waals surface area contributed by atoms with Gasteiger partial charge in [-0.15, -0.1) is 23.1 Å². The van der Waals surface area contributed by atoms with Crippen molar-refractivity contribution in [3.63, 3.8) is 0 Å². The molecule has 0 aliphatic rings. The summed E-state index contributed by atoms with van der Waals surface area (Å²) in [6, 6.07) is 5.80. The molecule has 0 fully saturated rings. The van der Waals surface area contributed by atoms with Crippen molar-refractivity contribution in [3.05, 3.63) is 34.3 Å². The Labute approximate surface area is 122 Å².